The molecule has 1 aromatic rings. The number of ether oxygens (including phenoxy) is 1. The van der Waals surface area contributed by atoms with Gasteiger partial charge in [-0.25, -0.2) is 8.42 Å². The van der Waals surface area contributed by atoms with Crippen molar-refractivity contribution in [2.24, 2.45) is 0 Å². The van der Waals surface area contributed by atoms with Crippen molar-refractivity contribution < 1.29 is 22.7 Å². The van der Waals surface area contributed by atoms with Crippen molar-refractivity contribution in [3.63, 3.8) is 0 Å². The Kier molecular flexibility index (Phi) is 5.39. The lowest BCUT2D eigenvalue weighted by Crippen LogP contribution is -2.48. The van der Waals surface area contributed by atoms with E-state index in [1.165, 1.54) is 16.4 Å². The highest BCUT2D eigenvalue weighted by atomic mass is 32.2. The Balaban J connectivity index is 2.02. The van der Waals surface area contributed by atoms with Crippen LogP contribution in [0.15, 0.2) is 28.7 Å². The summed E-state index contributed by atoms with van der Waals surface area (Å²) in [6.07, 6.45) is 1.92. The SMILES string of the molecule is CCOC(=O)[C@@H]1CCCCN1S(=O)(=O)c1ccc2c(c1)C(=C(C)C)C(=O)N2. The maximum atomic E-state index is 13.3. The minimum absolute atomic E-state index is 0.0766. The summed E-state index contributed by atoms with van der Waals surface area (Å²) in [5.74, 6) is -0.745. The van der Waals surface area contributed by atoms with Gasteiger partial charge in [0.15, 0.2) is 0 Å². The topological polar surface area (TPSA) is 92.8 Å². The first-order valence-electron chi connectivity index (χ1n) is 9.09. The molecular weight excluding hydrogens is 368 g/mol. The largest absolute Gasteiger partial charge is 0.465 e. The molecule has 1 saturated heterocycles. The van der Waals surface area contributed by atoms with E-state index in [0.717, 1.165) is 12.0 Å². The molecule has 146 valence electrons. The van der Waals surface area contributed by atoms with Gasteiger partial charge < -0.3 is 10.1 Å². The van der Waals surface area contributed by atoms with Gasteiger partial charge in [-0.15, -0.1) is 0 Å². The number of esters is 1. The fourth-order valence-electron chi connectivity index (χ4n) is 3.61. The first kappa shape index (κ1) is 19.6. The van der Waals surface area contributed by atoms with E-state index in [-0.39, 0.29) is 24.0 Å². The predicted octanol–water partition coefficient (Wildman–Crippen LogP) is 2.54. The Labute approximate surface area is 159 Å². The third kappa shape index (κ3) is 3.51. The highest BCUT2D eigenvalue weighted by Gasteiger charge is 2.39. The Bertz CT molecular complexity index is 916. The summed E-state index contributed by atoms with van der Waals surface area (Å²) < 4.78 is 32.8. The van der Waals surface area contributed by atoms with Crippen molar-refractivity contribution in [3.8, 4) is 0 Å². The average Bonchev–Trinajstić information content (AvgIpc) is 2.96. The van der Waals surface area contributed by atoms with Crippen LogP contribution in [0.1, 0.15) is 45.6 Å². The molecule has 0 bridgehead atoms. The van der Waals surface area contributed by atoms with E-state index in [1.807, 2.05) is 13.8 Å². The van der Waals surface area contributed by atoms with Gasteiger partial charge in [-0.1, -0.05) is 5.57 Å². The predicted molar refractivity (Wildman–Crippen MR) is 102 cm³/mol. The van der Waals surface area contributed by atoms with Crippen LogP contribution in [0.5, 0.6) is 0 Å². The molecule has 1 fully saturated rings. The van der Waals surface area contributed by atoms with E-state index >= 15 is 0 Å². The average molecular weight is 392 g/mol. The fraction of sp³-hybridized carbons (Fsp3) is 0.474. The van der Waals surface area contributed by atoms with E-state index in [9.17, 15) is 18.0 Å². The lowest BCUT2D eigenvalue weighted by Gasteiger charge is -2.33. The summed E-state index contributed by atoms with van der Waals surface area (Å²) in [7, 11) is -3.89. The van der Waals surface area contributed by atoms with Crippen molar-refractivity contribution in [2.75, 3.05) is 18.5 Å². The number of nitrogens with one attached hydrogen (secondary N) is 1. The second kappa shape index (κ2) is 7.44. The second-order valence-corrected chi connectivity index (χ2v) is 8.81. The lowest BCUT2D eigenvalue weighted by molar-refractivity contribution is -0.148. The Morgan fingerprint density at radius 2 is 2.04 bits per heavy atom. The van der Waals surface area contributed by atoms with Gasteiger partial charge in [-0.3, -0.25) is 9.59 Å². The number of piperidine rings is 1. The maximum Gasteiger partial charge on any atom is 0.324 e. The van der Waals surface area contributed by atoms with Crippen LogP contribution in [0.25, 0.3) is 5.57 Å². The molecule has 0 saturated carbocycles. The Hall–Kier alpha value is -2.19. The summed E-state index contributed by atoms with van der Waals surface area (Å²) in [6, 6.07) is 3.78. The van der Waals surface area contributed by atoms with E-state index < -0.39 is 22.0 Å². The molecule has 1 aromatic carbocycles. The van der Waals surface area contributed by atoms with Crippen molar-refractivity contribution >= 4 is 33.2 Å². The molecule has 0 aromatic heterocycles. The van der Waals surface area contributed by atoms with Crippen LogP contribution in [-0.4, -0.2) is 43.8 Å². The molecule has 27 heavy (non-hydrogen) atoms. The lowest BCUT2D eigenvalue weighted by atomic mass is 10.0. The summed E-state index contributed by atoms with van der Waals surface area (Å²) in [5.41, 5.74) is 2.47. The number of fused-ring (bicyclic) bond motifs is 1. The molecule has 0 radical (unpaired) electrons. The molecule has 7 nitrogen and oxygen atoms in total. The molecule has 3 rings (SSSR count). The number of anilines is 1. The number of carbonyl (C=O) groups is 2. The third-order valence-corrected chi connectivity index (χ3v) is 6.76. The van der Waals surface area contributed by atoms with E-state index in [1.54, 1.807) is 13.0 Å². The van der Waals surface area contributed by atoms with Crippen LogP contribution in [0, 0.1) is 0 Å². The Morgan fingerprint density at radius 3 is 2.70 bits per heavy atom. The van der Waals surface area contributed by atoms with E-state index in [4.69, 9.17) is 4.74 Å². The normalized spacial score (nSPS) is 20.2. The van der Waals surface area contributed by atoms with Crippen LogP contribution < -0.4 is 5.32 Å². The minimum Gasteiger partial charge on any atom is -0.465 e. The van der Waals surface area contributed by atoms with Crippen LogP contribution in [-0.2, 0) is 24.3 Å². The summed E-state index contributed by atoms with van der Waals surface area (Å²) in [6.45, 7) is 5.81. The van der Waals surface area contributed by atoms with Crippen molar-refractivity contribution in [2.45, 2.75) is 51.0 Å². The number of allylic oxidation sites excluding steroid dienone is 1. The summed E-state index contributed by atoms with van der Waals surface area (Å²) >= 11 is 0. The van der Waals surface area contributed by atoms with Gasteiger partial charge in [0.05, 0.1) is 11.5 Å². The first-order valence-corrected chi connectivity index (χ1v) is 10.5. The van der Waals surface area contributed by atoms with Crippen molar-refractivity contribution in [1.29, 1.82) is 0 Å². The molecule has 1 atom stereocenters. The van der Waals surface area contributed by atoms with Crippen LogP contribution in [0.3, 0.4) is 0 Å². The monoisotopic (exact) mass is 392 g/mol. The minimum atomic E-state index is -3.89. The zero-order valence-electron chi connectivity index (χ0n) is 15.7. The molecule has 2 aliphatic heterocycles. The van der Waals surface area contributed by atoms with Gasteiger partial charge in [-0.2, -0.15) is 4.31 Å². The molecule has 0 aliphatic carbocycles. The van der Waals surface area contributed by atoms with Gasteiger partial charge >= 0.3 is 5.97 Å². The summed E-state index contributed by atoms with van der Waals surface area (Å²) in [5, 5.41) is 2.75. The number of carbonyl (C=O) groups excluding carboxylic acids is 2. The Morgan fingerprint density at radius 1 is 1.30 bits per heavy atom. The van der Waals surface area contributed by atoms with Gasteiger partial charge in [0.25, 0.3) is 5.91 Å². The zero-order chi connectivity index (χ0) is 19.8. The fourth-order valence-corrected chi connectivity index (χ4v) is 5.28. The van der Waals surface area contributed by atoms with E-state index in [0.29, 0.717) is 29.7 Å². The number of hydrogen-bond acceptors (Lipinski definition) is 5. The zero-order valence-corrected chi connectivity index (χ0v) is 16.6. The summed E-state index contributed by atoms with van der Waals surface area (Å²) in [4.78, 5) is 24.5. The number of sulfonamides is 1. The molecule has 1 N–H and O–H groups in total. The highest BCUT2D eigenvalue weighted by Crippen LogP contribution is 2.36. The third-order valence-electron chi connectivity index (χ3n) is 4.85. The highest BCUT2D eigenvalue weighted by molar-refractivity contribution is 7.89. The molecule has 0 unspecified atom stereocenters. The van der Waals surface area contributed by atoms with Crippen LogP contribution >= 0.6 is 0 Å². The second-order valence-electron chi connectivity index (χ2n) is 6.92. The number of rotatable bonds is 4. The number of nitrogens with zero attached hydrogens (tertiary/aromatic N) is 1. The number of amides is 1. The molecule has 1 amide bonds. The van der Waals surface area contributed by atoms with E-state index in [2.05, 4.69) is 5.32 Å². The van der Waals surface area contributed by atoms with Crippen LogP contribution in [0.2, 0.25) is 0 Å². The number of hydrogen-bond donors (Lipinski definition) is 1. The molecule has 2 aliphatic rings. The van der Waals surface area contributed by atoms with Gasteiger partial charge in [0, 0.05) is 23.4 Å². The molecule has 2 heterocycles. The first-order chi connectivity index (χ1) is 12.8. The smallest absolute Gasteiger partial charge is 0.324 e. The standard InChI is InChI=1S/C19H24N2O5S/c1-4-26-19(23)16-7-5-6-10-21(16)27(24,25)13-8-9-15-14(11-13)17(12(2)3)18(22)20-15/h8-9,11,16H,4-7,10H2,1-3H3,(H,20,22)/t16-/m0/s1. The maximum absolute atomic E-state index is 13.3. The molecule has 0 spiro atoms. The van der Waals surface area contributed by atoms with Crippen LogP contribution in [0.4, 0.5) is 5.69 Å². The van der Waals surface area contributed by atoms with Crippen molar-refractivity contribution in [1.82, 2.24) is 4.31 Å². The quantitative estimate of drug-likeness (QED) is 0.628. The molecule has 8 heteroatoms. The molecular formula is C19H24N2O5S. The van der Waals surface area contributed by atoms with Gasteiger partial charge in [-0.05, 0) is 58.2 Å². The number of benzene rings is 1. The van der Waals surface area contributed by atoms with Crippen molar-refractivity contribution in [3.05, 3.63) is 29.3 Å². The van der Waals surface area contributed by atoms with Gasteiger partial charge in [0.1, 0.15) is 6.04 Å². The van der Waals surface area contributed by atoms with Gasteiger partial charge in [0.2, 0.25) is 10.0 Å².